The Labute approximate surface area is 245 Å². The van der Waals surface area contributed by atoms with Crippen molar-refractivity contribution in [3.63, 3.8) is 0 Å². The number of aromatic nitrogens is 2. The second kappa shape index (κ2) is 12.5. The minimum Gasteiger partial charge on any atom is -0.487 e. The highest BCUT2D eigenvalue weighted by Crippen LogP contribution is 2.60. The molecule has 1 N–H and O–H groups in total. The van der Waals surface area contributed by atoms with E-state index in [9.17, 15) is 23.1 Å². The average Bonchev–Trinajstić information content (AvgIpc) is 3.35. The smallest absolute Gasteiger partial charge is 0.487 e. The summed E-state index contributed by atoms with van der Waals surface area (Å²) >= 11 is 0. The zero-order valence-electron chi connectivity index (χ0n) is 24.2. The fourth-order valence-corrected chi connectivity index (χ4v) is 7.82. The van der Waals surface area contributed by atoms with E-state index in [1.807, 2.05) is 51.1 Å². The van der Waals surface area contributed by atoms with Crippen LogP contribution in [0.1, 0.15) is 49.1 Å². The molecule has 0 aliphatic rings. The first-order valence-electron chi connectivity index (χ1n) is 13.5. The SMILES string of the molecule is CCS(C)(c1cccc(CC(=O)O)c1)c1ccc(OCc2c(C(C)C)cnn2-c2ccccc2OC(F)(F)F)cc1C. The number of hydrogen-bond acceptors (Lipinski definition) is 4. The Morgan fingerprint density at radius 1 is 1.07 bits per heavy atom. The number of carboxylic acids is 1. The molecule has 0 radical (unpaired) electrons. The summed E-state index contributed by atoms with van der Waals surface area (Å²) in [5.74, 6) is 0.343. The molecule has 0 amide bonds. The molecule has 3 aromatic carbocycles. The maximum Gasteiger partial charge on any atom is 0.573 e. The number of halogens is 3. The Bertz CT molecular complexity index is 1570. The molecule has 1 aromatic heterocycles. The lowest BCUT2D eigenvalue weighted by Gasteiger charge is -2.37. The van der Waals surface area contributed by atoms with Crippen molar-refractivity contribution in [1.29, 1.82) is 0 Å². The molecule has 42 heavy (non-hydrogen) atoms. The quantitative estimate of drug-likeness (QED) is 0.188. The van der Waals surface area contributed by atoms with Gasteiger partial charge in [-0.3, -0.25) is 4.79 Å². The summed E-state index contributed by atoms with van der Waals surface area (Å²) in [6.07, 6.45) is -0.993. The van der Waals surface area contributed by atoms with Crippen molar-refractivity contribution in [2.45, 2.75) is 62.8 Å². The van der Waals surface area contributed by atoms with Crippen molar-refractivity contribution in [3.8, 4) is 17.2 Å². The summed E-state index contributed by atoms with van der Waals surface area (Å²) in [4.78, 5) is 13.6. The van der Waals surface area contributed by atoms with Crippen LogP contribution < -0.4 is 9.47 Å². The van der Waals surface area contributed by atoms with E-state index in [1.165, 1.54) is 27.8 Å². The van der Waals surface area contributed by atoms with Crippen molar-refractivity contribution in [3.05, 3.63) is 95.3 Å². The topological polar surface area (TPSA) is 73.6 Å². The number of para-hydroxylation sites is 2. The molecule has 224 valence electrons. The van der Waals surface area contributed by atoms with E-state index in [0.717, 1.165) is 27.3 Å². The third kappa shape index (κ3) is 6.92. The van der Waals surface area contributed by atoms with Gasteiger partial charge in [0.25, 0.3) is 0 Å². The van der Waals surface area contributed by atoms with E-state index in [4.69, 9.17) is 4.74 Å². The monoisotopic (exact) mass is 600 g/mol. The lowest BCUT2D eigenvalue weighted by atomic mass is 10.0. The van der Waals surface area contributed by atoms with Crippen molar-refractivity contribution >= 4 is 16.0 Å². The first kappa shape index (κ1) is 31.0. The molecular weight excluding hydrogens is 565 g/mol. The second-order valence-electron chi connectivity index (χ2n) is 10.4. The first-order chi connectivity index (χ1) is 19.8. The molecule has 10 heteroatoms. The molecule has 0 aliphatic carbocycles. The third-order valence-corrected chi connectivity index (χ3v) is 11.1. The second-order valence-corrected chi connectivity index (χ2v) is 14.1. The van der Waals surface area contributed by atoms with Crippen LogP contribution in [0.4, 0.5) is 13.2 Å². The Morgan fingerprint density at radius 2 is 1.81 bits per heavy atom. The Hall–Kier alpha value is -3.92. The number of alkyl halides is 3. The van der Waals surface area contributed by atoms with Gasteiger partial charge >= 0.3 is 12.3 Å². The van der Waals surface area contributed by atoms with E-state index < -0.39 is 22.4 Å². The largest absolute Gasteiger partial charge is 0.573 e. The number of carbonyl (C=O) groups is 1. The fourth-order valence-electron chi connectivity index (χ4n) is 4.99. The predicted octanol–water partition coefficient (Wildman–Crippen LogP) is 8.28. The van der Waals surface area contributed by atoms with E-state index >= 15 is 0 Å². The van der Waals surface area contributed by atoms with Crippen LogP contribution in [0.25, 0.3) is 5.69 Å². The number of benzene rings is 3. The normalized spacial score (nSPS) is 13.9. The summed E-state index contributed by atoms with van der Waals surface area (Å²) in [7, 11) is -1.45. The van der Waals surface area contributed by atoms with Crippen LogP contribution in [-0.4, -0.2) is 39.2 Å². The number of ether oxygens (including phenoxy) is 2. The van der Waals surface area contributed by atoms with Gasteiger partial charge in [-0.2, -0.15) is 15.1 Å². The lowest BCUT2D eigenvalue weighted by Crippen LogP contribution is -2.19. The van der Waals surface area contributed by atoms with Crippen LogP contribution in [0, 0.1) is 6.92 Å². The molecule has 6 nitrogen and oxygen atoms in total. The molecule has 0 saturated carbocycles. The van der Waals surface area contributed by atoms with Gasteiger partial charge in [0.1, 0.15) is 18.0 Å². The molecule has 1 heterocycles. The molecule has 0 saturated heterocycles. The van der Waals surface area contributed by atoms with Gasteiger partial charge in [0, 0.05) is 0 Å². The van der Waals surface area contributed by atoms with Gasteiger partial charge in [-0.05, 0) is 93.8 Å². The highest BCUT2D eigenvalue weighted by molar-refractivity contribution is 8.33. The van der Waals surface area contributed by atoms with Gasteiger partial charge in [-0.1, -0.05) is 45.0 Å². The average molecular weight is 601 g/mol. The molecule has 4 aromatic rings. The van der Waals surface area contributed by atoms with Crippen LogP contribution in [0.3, 0.4) is 0 Å². The highest BCUT2D eigenvalue weighted by Gasteiger charge is 2.33. The molecule has 4 rings (SSSR count). The number of aryl methyl sites for hydroxylation is 1. The molecule has 1 atom stereocenters. The fraction of sp³-hybridized carbons (Fsp3) is 0.312. The Kier molecular flexibility index (Phi) is 9.25. The van der Waals surface area contributed by atoms with E-state index in [1.54, 1.807) is 12.3 Å². The summed E-state index contributed by atoms with van der Waals surface area (Å²) in [5.41, 5.74) is 3.46. The van der Waals surface area contributed by atoms with Crippen molar-refractivity contribution in [1.82, 2.24) is 9.78 Å². The summed E-state index contributed by atoms with van der Waals surface area (Å²) < 4.78 is 51.2. The maximum atomic E-state index is 13.1. The van der Waals surface area contributed by atoms with Crippen molar-refractivity contribution < 1.29 is 32.5 Å². The van der Waals surface area contributed by atoms with Crippen LogP contribution in [0.5, 0.6) is 11.5 Å². The van der Waals surface area contributed by atoms with Crippen LogP contribution >= 0.6 is 10.0 Å². The van der Waals surface area contributed by atoms with Crippen molar-refractivity contribution in [2.24, 2.45) is 0 Å². The first-order valence-corrected chi connectivity index (χ1v) is 15.8. The molecule has 0 bridgehead atoms. The van der Waals surface area contributed by atoms with Gasteiger partial charge < -0.3 is 14.6 Å². The van der Waals surface area contributed by atoms with Gasteiger partial charge in [-0.25, -0.2) is 4.68 Å². The molecule has 0 spiro atoms. The van der Waals surface area contributed by atoms with Crippen LogP contribution in [-0.2, 0) is 17.8 Å². The zero-order valence-corrected chi connectivity index (χ0v) is 25.1. The maximum absolute atomic E-state index is 13.1. The Balaban J connectivity index is 1.64. The van der Waals surface area contributed by atoms with Crippen LogP contribution in [0.15, 0.2) is 82.7 Å². The number of nitrogens with zero attached hydrogens (tertiary/aromatic N) is 2. The number of hydrogen-bond donors (Lipinski definition) is 1. The molecule has 1 unspecified atom stereocenters. The van der Waals surface area contributed by atoms with E-state index in [0.29, 0.717) is 11.4 Å². The zero-order chi connectivity index (χ0) is 30.7. The van der Waals surface area contributed by atoms with E-state index in [-0.39, 0.29) is 30.4 Å². The summed E-state index contributed by atoms with van der Waals surface area (Å²) in [6, 6.07) is 19.6. The Morgan fingerprint density at radius 3 is 2.45 bits per heavy atom. The minimum absolute atomic E-state index is 0.0272. The van der Waals surface area contributed by atoms with E-state index in [2.05, 4.69) is 35.1 Å². The number of carboxylic acid groups (broad SMARTS) is 1. The number of rotatable bonds is 11. The molecule has 0 aliphatic heterocycles. The predicted molar refractivity (Wildman–Crippen MR) is 158 cm³/mol. The lowest BCUT2D eigenvalue weighted by molar-refractivity contribution is -0.274. The molecular formula is C32H35F3N2O4S. The number of aliphatic carboxylic acids is 1. The van der Waals surface area contributed by atoms with Gasteiger partial charge in [0.05, 0.1) is 18.3 Å². The third-order valence-electron chi connectivity index (χ3n) is 7.20. The van der Waals surface area contributed by atoms with Crippen molar-refractivity contribution in [2.75, 3.05) is 12.0 Å². The highest BCUT2D eigenvalue weighted by atomic mass is 32.3. The van der Waals surface area contributed by atoms with Gasteiger partial charge in [0.15, 0.2) is 5.75 Å². The molecule has 0 fully saturated rings. The van der Waals surface area contributed by atoms with Gasteiger partial charge in [0.2, 0.25) is 0 Å². The summed E-state index contributed by atoms with van der Waals surface area (Å²) in [5, 5.41) is 13.7. The summed E-state index contributed by atoms with van der Waals surface area (Å²) in [6.45, 7) is 8.22. The standard InChI is InChI=1S/C32H35F3N2O4S/c1-6-42(5,25-11-9-10-23(17-25)18-31(38)39)30-15-14-24(16-22(30)4)40-20-28-26(21(2)3)19-36-37(28)27-12-7-8-13-29(27)41-32(33,34)35/h7-17,19,21H,6,18,20H2,1-5H3,(H,38,39). The van der Waals surface area contributed by atoms with Gasteiger partial charge in [-0.15, -0.1) is 13.2 Å². The minimum atomic E-state index is -4.84. The van der Waals surface area contributed by atoms with Crippen LogP contribution in [0.2, 0.25) is 0 Å².